The minimum Gasteiger partial charge on any atom is -0.454 e. The number of carbonyl (C=O) groups is 2. The SMILES string of the molecule is O=C(/C=C\c1ccc2c(c1)OCO2)NCC1CC(=O)N(Cc2ccc(F)cc2)C1. The molecule has 0 spiro atoms. The van der Waals surface area contributed by atoms with Gasteiger partial charge in [-0.2, -0.15) is 0 Å². The second kappa shape index (κ2) is 8.34. The van der Waals surface area contributed by atoms with E-state index < -0.39 is 0 Å². The van der Waals surface area contributed by atoms with E-state index in [2.05, 4.69) is 5.32 Å². The molecule has 29 heavy (non-hydrogen) atoms. The second-order valence-corrected chi connectivity index (χ2v) is 7.16. The predicted octanol–water partition coefficient (Wildman–Crippen LogP) is 2.73. The molecule has 2 aromatic rings. The van der Waals surface area contributed by atoms with Gasteiger partial charge in [0.2, 0.25) is 18.6 Å². The maximum Gasteiger partial charge on any atom is 0.244 e. The number of nitrogens with one attached hydrogen (secondary N) is 1. The van der Waals surface area contributed by atoms with E-state index in [1.165, 1.54) is 18.2 Å². The van der Waals surface area contributed by atoms with E-state index in [0.29, 0.717) is 37.6 Å². The molecule has 0 saturated carbocycles. The normalized spacial score (nSPS) is 17.9. The molecule has 1 fully saturated rings. The molecule has 4 rings (SSSR count). The van der Waals surface area contributed by atoms with E-state index in [1.54, 1.807) is 29.2 Å². The smallest absolute Gasteiger partial charge is 0.244 e. The van der Waals surface area contributed by atoms with Crippen molar-refractivity contribution in [1.29, 1.82) is 0 Å². The van der Waals surface area contributed by atoms with E-state index in [1.807, 2.05) is 12.1 Å². The van der Waals surface area contributed by atoms with Crippen LogP contribution in [0.1, 0.15) is 17.5 Å². The predicted molar refractivity (Wildman–Crippen MR) is 105 cm³/mol. The first kappa shape index (κ1) is 19.0. The Kier molecular flexibility index (Phi) is 5.46. The van der Waals surface area contributed by atoms with Crippen LogP contribution in [-0.2, 0) is 16.1 Å². The Morgan fingerprint density at radius 2 is 1.97 bits per heavy atom. The molecule has 7 heteroatoms. The van der Waals surface area contributed by atoms with Gasteiger partial charge < -0.3 is 19.7 Å². The van der Waals surface area contributed by atoms with E-state index >= 15 is 0 Å². The molecule has 0 radical (unpaired) electrons. The van der Waals surface area contributed by atoms with Gasteiger partial charge in [-0.05, 0) is 41.5 Å². The van der Waals surface area contributed by atoms with Crippen LogP contribution in [0.4, 0.5) is 4.39 Å². The Balaban J connectivity index is 1.25. The van der Waals surface area contributed by atoms with Crippen molar-refractivity contribution in [3.05, 3.63) is 65.5 Å². The first-order valence-electron chi connectivity index (χ1n) is 9.44. The highest BCUT2D eigenvalue weighted by molar-refractivity contribution is 5.91. The molecule has 2 aliphatic rings. The summed E-state index contributed by atoms with van der Waals surface area (Å²) in [5.74, 6) is 0.958. The van der Waals surface area contributed by atoms with Crippen LogP contribution < -0.4 is 14.8 Å². The lowest BCUT2D eigenvalue weighted by Crippen LogP contribution is -2.30. The van der Waals surface area contributed by atoms with Crippen LogP contribution in [0.5, 0.6) is 11.5 Å². The fraction of sp³-hybridized carbons (Fsp3) is 0.273. The van der Waals surface area contributed by atoms with Crippen molar-refractivity contribution >= 4 is 17.9 Å². The van der Waals surface area contributed by atoms with Gasteiger partial charge in [-0.25, -0.2) is 4.39 Å². The second-order valence-electron chi connectivity index (χ2n) is 7.16. The van der Waals surface area contributed by atoms with Gasteiger partial charge in [-0.3, -0.25) is 9.59 Å². The number of carbonyl (C=O) groups excluding carboxylic acids is 2. The highest BCUT2D eigenvalue weighted by Gasteiger charge is 2.29. The summed E-state index contributed by atoms with van der Waals surface area (Å²) in [4.78, 5) is 26.1. The minimum atomic E-state index is -0.295. The third-order valence-corrected chi connectivity index (χ3v) is 4.97. The van der Waals surface area contributed by atoms with Crippen molar-refractivity contribution in [2.45, 2.75) is 13.0 Å². The van der Waals surface area contributed by atoms with Crippen molar-refractivity contribution < 1.29 is 23.5 Å². The molecule has 0 bridgehead atoms. The van der Waals surface area contributed by atoms with Crippen molar-refractivity contribution in [2.24, 2.45) is 5.92 Å². The molecule has 150 valence electrons. The van der Waals surface area contributed by atoms with Crippen LogP contribution in [0.15, 0.2) is 48.5 Å². The number of likely N-dealkylation sites (tertiary alicyclic amines) is 1. The van der Waals surface area contributed by atoms with Crippen LogP contribution in [0.2, 0.25) is 0 Å². The number of fused-ring (bicyclic) bond motifs is 1. The highest BCUT2D eigenvalue weighted by Crippen LogP contribution is 2.32. The molecule has 2 aliphatic heterocycles. The molecular formula is C22H21FN2O4. The molecule has 0 aromatic heterocycles. The molecule has 1 saturated heterocycles. The van der Waals surface area contributed by atoms with Crippen molar-refractivity contribution in [3.63, 3.8) is 0 Å². The Morgan fingerprint density at radius 3 is 2.79 bits per heavy atom. The molecule has 2 aromatic carbocycles. The third-order valence-electron chi connectivity index (χ3n) is 4.97. The number of ether oxygens (including phenoxy) is 2. The standard InChI is InChI=1S/C22H21FN2O4/c23-18-5-1-16(2-6-18)12-25-13-17(10-22(25)27)11-24-21(26)8-4-15-3-7-19-20(9-15)29-14-28-19/h1-9,17H,10-14H2,(H,24,26)/b8-4-. The molecule has 6 nitrogen and oxygen atoms in total. The quantitative estimate of drug-likeness (QED) is 0.763. The lowest BCUT2D eigenvalue weighted by atomic mass is 10.1. The largest absolute Gasteiger partial charge is 0.454 e. The van der Waals surface area contributed by atoms with Crippen molar-refractivity contribution in [1.82, 2.24) is 10.2 Å². The molecular weight excluding hydrogens is 375 g/mol. The molecule has 2 amide bonds. The average Bonchev–Trinajstić information content (AvgIpc) is 3.32. The topological polar surface area (TPSA) is 67.9 Å². The average molecular weight is 396 g/mol. The van der Waals surface area contributed by atoms with Crippen LogP contribution >= 0.6 is 0 Å². The van der Waals surface area contributed by atoms with Gasteiger partial charge in [0, 0.05) is 38.0 Å². The van der Waals surface area contributed by atoms with Gasteiger partial charge in [0.1, 0.15) is 5.82 Å². The van der Waals surface area contributed by atoms with Gasteiger partial charge in [0.25, 0.3) is 0 Å². The monoisotopic (exact) mass is 396 g/mol. The first-order valence-corrected chi connectivity index (χ1v) is 9.44. The maximum absolute atomic E-state index is 13.0. The zero-order chi connectivity index (χ0) is 20.2. The van der Waals surface area contributed by atoms with Gasteiger partial charge in [0.05, 0.1) is 0 Å². The van der Waals surface area contributed by atoms with Gasteiger partial charge in [-0.1, -0.05) is 18.2 Å². The maximum atomic E-state index is 13.0. The molecule has 1 unspecified atom stereocenters. The summed E-state index contributed by atoms with van der Waals surface area (Å²) in [6.45, 7) is 1.66. The number of amides is 2. The van der Waals surface area contributed by atoms with Crippen molar-refractivity contribution in [2.75, 3.05) is 19.9 Å². The summed E-state index contributed by atoms with van der Waals surface area (Å²) in [5.41, 5.74) is 1.72. The Bertz CT molecular complexity index is 942. The zero-order valence-electron chi connectivity index (χ0n) is 15.8. The fourth-order valence-electron chi connectivity index (χ4n) is 3.45. The van der Waals surface area contributed by atoms with Crippen LogP contribution in [-0.4, -0.2) is 36.6 Å². The van der Waals surface area contributed by atoms with Crippen LogP contribution in [0.3, 0.4) is 0 Å². The lowest BCUT2D eigenvalue weighted by molar-refractivity contribution is -0.128. The highest BCUT2D eigenvalue weighted by atomic mass is 19.1. The number of nitrogens with zero attached hydrogens (tertiary/aromatic N) is 1. The number of hydrogen-bond acceptors (Lipinski definition) is 4. The fourth-order valence-corrected chi connectivity index (χ4v) is 3.45. The lowest BCUT2D eigenvalue weighted by Gasteiger charge is -2.17. The first-order chi connectivity index (χ1) is 14.1. The van der Waals surface area contributed by atoms with Gasteiger partial charge in [-0.15, -0.1) is 0 Å². The Morgan fingerprint density at radius 1 is 1.17 bits per heavy atom. The number of hydrogen-bond donors (Lipinski definition) is 1. The summed E-state index contributed by atoms with van der Waals surface area (Å²) in [6.07, 6.45) is 3.57. The number of benzene rings is 2. The minimum absolute atomic E-state index is 0.0458. The van der Waals surface area contributed by atoms with Crippen molar-refractivity contribution in [3.8, 4) is 11.5 Å². The summed E-state index contributed by atoms with van der Waals surface area (Å²) < 4.78 is 23.6. The molecule has 1 atom stereocenters. The zero-order valence-corrected chi connectivity index (χ0v) is 15.8. The Labute approximate surface area is 167 Å². The summed E-state index contributed by atoms with van der Waals surface area (Å²) in [7, 11) is 0. The number of halogens is 1. The summed E-state index contributed by atoms with van der Waals surface area (Å²) >= 11 is 0. The van der Waals surface area contributed by atoms with E-state index in [4.69, 9.17) is 9.47 Å². The third kappa shape index (κ3) is 4.74. The molecule has 0 aliphatic carbocycles. The van der Waals surface area contributed by atoms with Gasteiger partial charge >= 0.3 is 0 Å². The van der Waals surface area contributed by atoms with Crippen LogP contribution in [0, 0.1) is 11.7 Å². The van der Waals surface area contributed by atoms with Gasteiger partial charge in [0.15, 0.2) is 11.5 Å². The summed E-state index contributed by atoms with van der Waals surface area (Å²) in [5, 5.41) is 2.85. The van der Waals surface area contributed by atoms with Crippen LogP contribution in [0.25, 0.3) is 6.08 Å². The molecule has 2 heterocycles. The van der Waals surface area contributed by atoms with E-state index in [9.17, 15) is 14.0 Å². The molecule has 1 N–H and O–H groups in total. The Hall–Kier alpha value is -3.35. The summed E-state index contributed by atoms with van der Waals surface area (Å²) in [6, 6.07) is 11.6. The number of rotatable bonds is 6. The van der Waals surface area contributed by atoms with E-state index in [0.717, 1.165) is 11.1 Å². The van der Waals surface area contributed by atoms with E-state index in [-0.39, 0.29) is 30.3 Å².